The van der Waals surface area contributed by atoms with Gasteiger partial charge >= 0.3 is 0 Å². The second-order valence-corrected chi connectivity index (χ2v) is 7.19. The maximum absolute atomic E-state index is 12.6. The number of hydrogen-bond donors (Lipinski definition) is 1. The fraction of sp³-hybridized carbons (Fsp3) is 0.778. The number of ether oxygens (including phenoxy) is 1. The molecule has 2 aliphatic rings. The zero-order valence-electron chi connectivity index (χ0n) is 14.4. The minimum Gasteiger partial charge on any atom is -0.384 e. The minimum atomic E-state index is 0.173. The Morgan fingerprint density at radius 1 is 1.30 bits per heavy atom. The van der Waals surface area contributed by atoms with Crippen molar-refractivity contribution in [2.45, 2.75) is 51.4 Å². The average Bonchev–Trinajstić information content (AvgIpc) is 2.92. The van der Waals surface area contributed by atoms with E-state index in [-0.39, 0.29) is 11.8 Å². The number of nitrogens with one attached hydrogen (secondary N) is 1. The average molecular weight is 319 g/mol. The lowest BCUT2D eigenvalue weighted by atomic mass is 9.67. The predicted molar refractivity (Wildman–Crippen MR) is 90.2 cm³/mol. The third kappa shape index (κ3) is 3.94. The van der Waals surface area contributed by atoms with Gasteiger partial charge in [0.05, 0.1) is 12.3 Å². The Morgan fingerprint density at radius 2 is 2.09 bits per heavy atom. The van der Waals surface area contributed by atoms with Crippen molar-refractivity contribution >= 4 is 11.7 Å². The second kappa shape index (κ2) is 7.47. The fourth-order valence-corrected chi connectivity index (χ4v) is 4.31. The molecule has 2 aliphatic carbocycles. The highest BCUT2D eigenvalue weighted by Gasteiger charge is 2.35. The summed E-state index contributed by atoms with van der Waals surface area (Å²) in [6, 6.07) is 1.96. The van der Waals surface area contributed by atoms with E-state index in [4.69, 9.17) is 4.74 Å². The van der Waals surface area contributed by atoms with Crippen LogP contribution >= 0.6 is 0 Å². The number of rotatable bonds is 5. The number of anilines is 1. The number of fused-ring (bicyclic) bond motifs is 1. The number of methoxy groups -OCH3 is 1. The molecule has 0 radical (unpaired) electrons. The van der Waals surface area contributed by atoms with E-state index >= 15 is 0 Å². The number of aryl methyl sites for hydroxylation is 1. The summed E-state index contributed by atoms with van der Waals surface area (Å²) in [4.78, 5) is 12.6. The van der Waals surface area contributed by atoms with Gasteiger partial charge in [0, 0.05) is 32.6 Å². The Labute approximate surface area is 138 Å². The lowest BCUT2D eigenvalue weighted by Gasteiger charge is -2.38. The lowest BCUT2D eigenvalue weighted by Crippen LogP contribution is -2.34. The van der Waals surface area contributed by atoms with Crippen LogP contribution in [-0.4, -0.2) is 29.4 Å². The monoisotopic (exact) mass is 319 g/mol. The number of nitrogens with zero attached hydrogens (tertiary/aromatic N) is 2. The van der Waals surface area contributed by atoms with Crippen LogP contribution in [0.15, 0.2) is 6.07 Å². The van der Waals surface area contributed by atoms with Crippen LogP contribution in [0.4, 0.5) is 5.82 Å². The van der Waals surface area contributed by atoms with E-state index in [1.807, 2.05) is 13.1 Å². The Balaban J connectivity index is 1.57. The summed E-state index contributed by atoms with van der Waals surface area (Å²) in [7, 11) is 3.57. The Bertz CT molecular complexity index is 540. The molecule has 3 rings (SSSR count). The summed E-state index contributed by atoms with van der Waals surface area (Å²) in [5, 5.41) is 7.53. The molecule has 128 valence electrons. The van der Waals surface area contributed by atoms with Crippen molar-refractivity contribution in [2.75, 3.05) is 19.0 Å². The molecule has 5 nitrogen and oxygen atoms in total. The molecule has 2 saturated carbocycles. The maximum Gasteiger partial charge on any atom is 0.228 e. The van der Waals surface area contributed by atoms with Gasteiger partial charge in [-0.15, -0.1) is 0 Å². The summed E-state index contributed by atoms with van der Waals surface area (Å²) in [5.74, 6) is 2.80. The van der Waals surface area contributed by atoms with Gasteiger partial charge < -0.3 is 10.1 Å². The van der Waals surface area contributed by atoms with Crippen LogP contribution in [0.2, 0.25) is 0 Å². The van der Waals surface area contributed by atoms with E-state index in [1.54, 1.807) is 11.8 Å². The van der Waals surface area contributed by atoms with Crippen molar-refractivity contribution in [3.05, 3.63) is 11.8 Å². The van der Waals surface area contributed by atoms with Crippen molar-refractivity contribution in [1.29, 1.82) is 0 Å². The Kier molecular flexibility index (Phi) is 5.36. The maximum atomic E-state index is 12.6. The van der Waals surface area contributed by atoms with Crippen molar-refractivity contribution in [2.24, 2.45) is 24.8 Å². The van der Waals surface area contributed by atoms with Crippen LogP contribution in [0.3, 0.4) is 0 Å². The minimum absolute atomic E-state index is 0.173. The molecular formula is C18H29N3O2. The number of carbonyl (C=O) groups excluding carboxylic acids is 1. The summed E-state index contributed by atoms with van der Waals surface area (Å²) < 4.78 is 6.84. The third-order valence-corrected chi connectivity index (χ3v) is 5.65. The van der Waals surface area contributed by atoms with E-state index in [0.717, 1.165) is 42.6 Å². The van der Waals surface area contributed by atoms with Gasteiger partial charge in [-0.1, -0.05) is 25.7 Å². The molecular weight excluding hydrogens is 290 g/mol. The Hall–Kier alpha value is -1.36. The molecule has 0 spiro atoms. The Morgan fingerprint density at radius 3 is 2.87 bits per heavy atom. The van der Waals surface area contributed by atoms with E-state index < -0.39 is 0 Å². The zero-order valence-corrected chi connectivity index (χ0v) is 14.4. The SMILES string of the molecule is COCCc1cc(NC(=O)[C@@H]2CC[C@@H]3CCCC[C@H]3C2)n(C)n1. The lowest BCUT2D eigenvalue weighted by molar-refractivity contribution is -0.122. The summed E-state index contributed by atoms with van der Waals surface area (Å²) in [6.07, 6.45) is 9.55. The van der Waals surface area contributed by atoms with Crippen molar-refractivity contribution in [3.63, 3.8) is 0 Å². The number of amides is 1. The fourth-order valence-electron chi connectivity index (χ4n) is 4.31. The molecule has 1 aromatic rings. The predicted octanol–water partition coefficient (Wildman–Crippen LogP) is 3.15. The molecule has 1 aromatic heterocycles. The van der Waals surface area contributed by atoms with Crippen LogP contribution in [-0.2, 0) is 23.0 Å². The molecule has 1 N–H and O–H groups in total. The standard InChI is InChI=1S/C18H29N3O2/c1-21-17(12-16(20-21)9-10-23-2)19-18(22)15-8-7-13-5-3-4-6-14(13)11-15/h12-15H,3-11H2,1-2H3,(H,19,22)/t13-,14-,15+/m0/s1. The molecule has 0 aromatic carbocycles. The van der Waals surface area contributed by atoms with Crippen LogP contribution in [0.25, 0.3) is 0 Å². The molecule has 0 unspecified atom stereocenters. The van der Waals surface area contributed by atoms with Gasteiger partial charge in [-0.2, -0.15) is 5.10 Å². The topological polar surface area (TPSA) is 56.1 Å². The number of hydrogen-bond acceptors (Lipinski definition) is 3. The van der Waals surface area contributed by atoms with Crippen molar-refractivity contribution in [3.8, 4) is 0 Å². The molecule has 2 fully saturated rings. The summed E-state index contributed by atoms with van der Waals surface area (Å²) >= 11 is 0. The molecule has 0 bridgehead atoms. The first-order valence-corrected chi connectivity index (χ1v) is 9.00. The second-order valence-electron chi connectivity index (χ2n) is 7.19. The molecule has 3 atom stereocenters. The van der Waals surface area contributed by atoms with Crippen LogP contribution < -0.4 is 5.32 Å². The quantitative estimate of drug-likeness (QED) is 0.907. The van der Waals surface area contributed by atoms with Crippen LogP contribution in [0.1, 0.15) is 50.6 Å². The van der Waals surface area contributed by atoms with Gasteiger partial charge in [0.25, 0.3) is 0 Å². The van der Waals surface area contributed by atoms with E-state index in [1.165, 1.54) is 32.1 Å². The molecule has 23 heavy (non-hydrogen) atoms. The molecule has 1 heterocycles. The largest absolute Gasteiger partial charge is 0.384 e. The summed E-state index contributed by atoms with van der Waals surface area (Å²) in [6.45, 7) is 0.649. The van der Waals surface area contributed by atoms with E-state index in [0.29, 0.717) is 6.61 Å². The highest BCUT2D eigenvalue weighted by molar-refractivity contribution is 5.91. The molecule has 0 aliphatic heterocycles. The normalized spacial score (nSPS) is 27.5. The summed E-state index contributed by atoms with van der Waals surface area (Å²) in [5.41, 5.74) is 0.959. The van der Waals surface area contributed by atoms with Crippen molar-refractivity contribution < 1.29 is 9.53 Å². The first-order chi connectivity index (χ1) is 11.2. The number of aromatic nitrogens is 2. The highest BCUT2D eigenvalue weighted by Crippen LogP contribution is 2.42. The first kappa shape index (κ1) is 16.5. The molecule has 5 heteroatoms. The van der Waals surface area contributed by atoms with Gasteiger partial charge in [-0.25, -0.2) is 0 Å². The van der Waals surface area contributed by atoms with Gasteiger partial charge in [0.15, 0.2) is 0 Å². The third-order valence-electron chi connectivity index (χ3n) is 5.65. The van der Waals surface area contributed by atoms with Gasteiger partial charge in [-0.3, -0.25) is 9.48 Å². The smallest absolute Gasteiger partial charge is 0.228 e. The zero-order chi connectivity index (χ0) is 16.2. The van der Waals surface area contributed by atoms with Gasteiger partial charge in [-0.05, 0) is 31.1 Å². The highest BCUT2D eigenvalue weighted by atomic mass is 16.5. The first-order valence-electron chi connectivity index (χ1n) is 9.00. The number of carbonyl (C=O) groups is 1. The van der Waals surface area contributed by atoms with Gasteiger partial charge in [0.1, 0.15) is 5.82 Å². The van der Waals surface area contributed by atoms with E-state index in [2.05, 4.69) is 10.4 Å². The molecule has 0 saturated heterocycles. The molecule has 1 amide bonds. The van der Waals surface area contributed by atoms with Crippen LogP contribution in [0, 0.1) is 17.8 Å². The van der Waals surface area contributed by atoms with E-state index in [9.17, 15) is 4.79 Å². The van der Waals surface area contributed by atoms with Gasteiger partial charge in [0.2, 0.25) is 5.91 Å². The van der Waals surface area contributed by atoms with Crippen LogP contribution in [0.5, 0.6) is 0 Å². The van der Waals surface area contributed by atoms with Crippen molar-refractivity contribution in [1.82, 2.24) is 9.78 Å².